The molecule has 0 aliphatic carbocycles. The van der Waals surface area contributed by atoms with Crippen LogP contribution in [-0.2, 0) is 4.79 Å². The molecule has 1 fully saturated rings. The molecule has 0 aromatic heterocycles. The molecule has 1 N–H and O–H groups in total. The first kappa shape index (κ1) is 14.7. The molecule has 0 spiro atoms. The number of nitrogens with zero attached hydrogens (tertiary/aromatic N) is 1. The van der Waals surface area contributed by atoms with Crippen molar-refractivity contribution in [2.24, 2.45) is 0 Å². The van der Waals surface area contributed by atoms with E-state index in [2.05, 4.69) is 17.0 Å². The number of benzene rings is 1. The fraction of sp³-hybridized carbons (Fsp3) is 0.500. The summed E-state index contributed by atoms with van der Waals surface area (Å²) in [4.78, 5) is 13.0. The standard InChI is InChI=1S/C14H18ClNO2S/c15-12-5-3-11(4-6-12)13-10-19-9-8-16(13)7-1-2-14(17)18/h3-6,13H,1-2,7-10H2,(H,17,18)/t13-/m1/s1. The van der Waals surface area contributed by atoms with E-state index in [9.17, 15) is 4.79 Å². The van der Waals surface area contributed by atoms with Gasteiger partial charge in [0.05, 0.1) is 0 Å². The van der Waals surface area contributed by atoms with Crippen LogP contribution in [0.2, 0.25) is 5.02 Å². The number of aliphatic carboxylic acids is 1. The molecule has 0 bridgehead atoms. The topological polar surface area (TPSA) is 40.5 Å². The molecule has 0 radical (unpaired) electrons. The van der Waals surface area contributed by atoms with Gasteiger partial charge in [-0.25, -0.2) is 0 Å². The van der Waals surface area contributed by atoms with Crippen LogP contribution in [0.1, 0.15) is 24.4 Å². The van der Waals surface area contributed by atoms with E-state index in [1.165, 1.54) is 5.56 Å². The lowest BCUT2D eigenvalue weighted by atomic mass is 10.1. The quantitative estimate of drug-likeness (QED) is 0.906. The van der Waals surface area contributed by atoms with E-state index < -0.39 is 5.97 Å². The predicted molar refractivity (Wildman–Crippen MR) is 80.0 cm³/mol. The highest BCUT2D eigenvalue weighted by atomic mass is 35.5. The second-order valence-corrected chi connectivity index (χ2v) is 6.26. The zero-order valence-electron chi connectivity index (χ0n) is 10.7. The van der Waals surface area contributed by atoms with E-state index in [1.807, 2.05) is 23.9 Å². The van der Waals surface area contributed by atoms with E-state index in [0.717, 1.165) is 29.6 Å². The summed E-state index contributed by atoms with van der Waals surface area (Å²) in [6.45, 7) is 1.87. The Labute approximate surface area is 122 Å². The molecular formula is C14H18ClNO2S. The van der Waals surface area contributed by atoms with Gasteiger partial charge in [-0.1, -0.05) is 23.7 Å². The van der Waals surface area contributed by atoms with Gasteiger partial charge in [0.1, 0.15) is 0 Å². The van der Waals surface area contributed by atoms with Crippen LogP contribution < -0.4 is 0 Å². The molecule has 0 amide bonds. The summed E-state index contributed by atoms with van der Waals surface area (Å²) in [6, 6.07) is 8.37. The largest absolute Gasteiger partial charge is 0.481 e. The van der Waals surface area contributed by atoms with E-state index in [4.69, 9.17) is 16.7 Å². The summed E-state index contributed by atoms with van der Waals surface area (Å²) in [6.07, 6.45) is 0.959. The third kappa shape index (κ3) is 4.41. The molecule has 1 aliphatic rings. The molecule has 2 rings (SSSR count). The van der Waals surface area contributed by atoms with E-state index in [0.29, 0.717) is 12.5 Å². The van der Waals surface area contributed by atoms with Crippen molar-refractivity contribution in [2.75, 3.05) is 24.6 Å². The van der Waals surface area contributed by atoms with Crippen LogP contribution in [0.3, 0.4) is 0 Å². The summed E-state index contributed by atoms with van der Waals surface area (Å²) in [5, 5.41) is 9.47. The number of hydrogen-bond donors (Lipinski definition) is 1. The Morgan fingerprint density at radius 3 is 2.84 bits per heavy atom. The molecule has 1 atom stereocenters. The van der Waals surface area contributed by atoms with Gasteiger partial charge in [0.2, 0.25) is 0 Å². The number of halogens is 1. The van der Waals surface area contributed by atoms with Crippen LogP contribution in [0.5, 0.6) is 0 Å². The molecule has 1 heterocycles. The first-order valence-electron chi connectivity index (χ1n) is 6.46. The number of carboxylic acid groups (broad SMARTS) is 1. The Kier molecular flexibility index (Phi) is 5.55. The zero-order valence-corrected chi connectivity index (χ0v) is 12.3. The van der Waals surface area contributed by atoms with Crippen LogP contribution in [0, 0.1) is 0 Å². The van der Waals surface area contributed by atoms with Crippen molar-refractivity contribution in [1.82, 2.24) is 4.90 Å². The van der Waals surface area contributed by atoms with Gasteiger partial charge in [0.15, 0.2) is 0 Å². The second kappa shape index (κ2) is 7.17. The fourth-order valence-electron chi connectivity index (χ4n) is 2.33. The minimum Gasteiger partial charge on any atom is -0.481 e. The molecule has 1 aromatic rings. The molecule has 3 nitrogen and oxygen atoms in total. The maximum Gasteiger partial charge on any atom is 0.303 e. The Hall–Kier alpha value is -0.710. The van der Waals surface area contributed by atoms with Crippen molar-refractivity contribution in [3.63, 3.8) is 0 Å². The lowest BCUT2D eigenvalue weighted by Gasteiger charge is -2.35. The third-order valence-electron chi connectivity index (χ3n) is 3.33. The number of carbonyl (C=O) groups is 1. The first-order chi connectivity index (χ1) is 9.16. The average Bonchev–Trinajstić information content (AvgIpc) is 2.40. The molecule has 1 aromatic carbocycles. The van der Waals surface area contributed by atoms with Gasteiger partial charge in [0, 0.05) is 35.5 Å². The zero-order chi connectivity index (χ0) is 13.7. The third-order valence-corrected chi connectivity index (χ3v) is 4.60. The van der Waals surface area contributed by atoms with Crippen LogP contribution in [0.4, 0.5) is 0 Å². The van der Waals surface area contributed by atoms with Crippen LogP contribution in [0.25, 0.3) is 0 Å². The highest BCUT2D eigenvalue weighted by Gasteiger charge is 2.23. The Morgan fingerprint density at radius 1 is 1.42 bits per heavy atom. The van der Waals surface area contributed by atoms with E-state index >= 15 is 0 Å². The second-order valence-electron chi connectivity index (χ2n) is 4.68. The maximum absolute atomic E-state index is 10.6. The molecule has 5 heteroatoms. The van der Waals surface area contributed by atoms with E-state index in [1.54, 1.807) is 0 Å². The SMILES string of the molecule is O=C(O)CCCN1CCSC[C@@H]1c1ccc(Cl)cc1. The Morgan fingerprint density at radius 2 is 2.16 bits per heavy atom. The molecule has 0 unspecified atom stereocenters. The van der Waals surface area contributed by atoms with Crippen molar-refractivity contribution in [3.8, 4) is 0 Å². The minimum atomic E-state index is -0.713. The van der Waals surface area contributed by atoms with Crippen molar-refractivity contribution in [2.45, 2.75) is 18.9 Å². The van der Waals surface area contributed by atoms with Gasteiger partial charge < -0.3 is 5.11 Å². The van der Waals surface area contributed by atoms with E-state index in [-0.39, 0.29) is 6.42 Å². The predicted octanol–water partition coefficient (Wildman–Crippen LogP) is 3.29. The molecule has 19 heavy (non-hydrogen) atoms. The maximum atomic E-state index is 10.6. The van der Waals surface area contributed by atoms with Gasteiger partial charge in [0.25, 0.3) is 0 Å². The lowest BCUT2D eigenvalue weighted by Crippen LogP contribution is -2.37. The summed E-state index contributed by atoms with van der Waals surface area (Å²) < 4.78 is 0. The van der Waals surface area contributed by atoms with Gasteiger partial charge in [-0.3, -0.25) is 9.69 Å². The minimum absolute atomic E-state index is 0.247. The molecule has 1 aliphatic heterocycles. The normalized spacial score (nSPS) is 20.4. The van der Waals surface area contributed by atoms with Crippen molar-refractivity contribution >= 4 is 29.3 Å². The summed E-state index contributed by atoms with van der Waals surface area (Å²) >= 11 is 7.88. The summed E-state index contributed by atoms with van der Waals surface area (Å²) in [5.41, 5.74) is 1.27. The molecule has 0 saturated carbocycles. The highest BCUT2D eigenvalue weighted by Crippen LogP contribution is 2.30. The van der Waals surface area contributed by atoms with Gasteiger partial charge in [-0.2, -0.15) is 11.8 Å². The Balaban J connectivity index is 1.99. The molecular weight excluding hydrogens is 282 g/mol. The van der Waals surface area contributed by atoms with Crippen molar-refractivity contribution < 1.29 is 9.90 Å². The number of rotatable bonds is 5. The Bertz CT molecular complexity index is 424. The van der Waals surface area contributed by atoms with Crippen molar-refractivity contribution in [3.05, 3.63) is 34.9 Å². The average molecular weight is 300 g/mol. The highest BCUT2D eigenvalue weighted by molar-refractivity contribution is 7.99. The van der Waals surface area contributed by atoms with Gasteiger partial charge in [-0.05, 0) is 30.7 Å². The number of thioether (sulfide) groups is 1. The van der Waals surface area contributed by atoms with Crippen molar-refractivity contribution in [1.29, 1.82) is 0 Å². The summed E-state index contributed by atoms with van der Waals surface area (Å²) in [7, 11) is 0. The molecule has 104 valence electrons. The van der Waals surface area contributed by atoms with Crippen LogP contribution >= 0.6 is 23.4 Å². The van der Waals surface area contributed by atoms with Gasteiger partial charge in [-0.15, -0.1) is 0 Å². The fourth-order valence-corrected chi connectivity index (χ4v) is 3.61. The summed E-state index contributed by atoms with van der Waals surface area (Å²) in [5.74, 6) is 1.47. The number of carboxylic acids is 1. The first-order valence-corrected chi connectivity index (χ1v) is 7.99. The monoisotopic (exact) mass is 299 g/mol. The van der Waals surface area contributed by atoms with Gasteiger partial charge >= 0.3 is 5.97 Å². The molecule has 1 saturated heterocycles. The van der Waals surface area contributed by atoms with Crippen LogP contribution in [0.15, 0.2) is 24.3 Å². The van der Waals surface area contributed by atoms with Crippen LogP contribution in [-0.4, -0.2) is 40.6 Å². The lowest BCUT2D eigenvalue weighted by molar-refractivity contribution is -0.137. The number of hydrogen-bond acceptors (Lipinski definition) is 3. The smallest absolute Gasteiger partial charge is 0.303 e.